The molecule has 1 fully saturated rings. The van der Waals surface area contributed by atoms with Crippen molar-refractivity contribution in [1.29, 1.82) is 0 Å². The molecule has 0 spiro atoms. The number of para-hydroxylation sites is 1. The predicted molar refractivity (Wildman–Crippen MR) is 109 cm³/mol. The first kappa shape index (κ1) is 18.6. The van der Waals surface area contributed by atoms with Crippen LogP contribution in [0.4, 0.5) is 10.1 Å². The highest BCUT2D eigenvalue weighted by Crippen LogP contribution is 2.42. The zero-order valence-corrected chi connectivity index (χ0v) is 15.7. The van der Waals surface area contributed by atoms with E-state index in [1.807, 2.05) is 6.92 Å². The second kappa shape index (κ2) is 7.36. The third-order valence-electron chi connectivity index (χ3n) is 4.97. The molecule has 0 bridgehead atoms. The van der Waals surface area contributed by atoms with Crippen molar-refractivity contribution in [2.24, 2.45) is 0 Å². The normalized spacial score (nSPS) is 18.3. The molecule has 1 aliphatic rings. The SMILES string of the molecule is Cc1ccc(C(O)=C2C(=O)C(=O)N(c3ccccc3)[C@H]2c2cccc(F)c2)cc1. The molecule has 1 aliphatic heterocycles. The van der Waals surface area contributed by atoms with Gasteiger partial charge in [-0.15, -0.1) is 0 Å². The van der Waals surface area contributed by atoms with Gasteiger partial charge in [-0.3, -0.25) is 14.5 Å². The molecule has 3 aromatic rings. The van der Waals surface area contributed by atoms with Crippen LogP contribution in [0.5, 0.6) is 0 Å². The zero-order chi connectivity index (χ0) is 20.5. The van der Waals surface area contributed by atoms with Crippen molar-refractivity contribution >= 4 is 23.1 Å². The van der Waals surface area contributed by atoms with Crippen LogP contribution in [0.15, 0.2) is 84.4 Å². The predicted octanol–water partition coefficient (Wildman–Crippen LogP) is 4.76. The van der Waals surface area contributed by atoms with Gasteiger partial charge in [0.1, 0.15) is 11.6 Å². The van der Waals surface area contributed by atoms with Gasteiger partial charge in [0.25, 0.3) is 11.7 Å². The highest BCUT2D eigenvalue weighted by Gasteiger charge is 2.46. The van der Waals surface area contributed by atoms with E-state index in [9.17, 15) is 19.1 Å². The van der Waals surface area contributed by atoms with Crippen LogP contribution in [0.1, 0.15) is 22.7 Å². The lowest BCUT2D eigenvalue weighted by atomic mass is 9.95. The van der Waals surface area contributed by atoms with Crippen molar-refractivity contribution in [1.82, 2.24) is 0 Å². The lowest BCUT2D eigenvalue weighted by molar-refractivity contribution is -0.132. The minimum Gasteiger partial charge on any atom is -0.507 e. The van der Waals surface area contributed by atoms with Crippen molar-refractivity contribution in [3.05, 3.63) is 107 Å². The van der Waals surface area contributed by atoms with Crippen LogP contribution in [0.3, 0.4) is 0 Å². The van der Waals surface area contributed by atoms with E-state index in [1.165, 1.54) is 23.1 Å². The maximum atomic E-state index is 14.0. The van der Waals surface area contributed by atoms with E-state index in [4.69, 9.17) is 0 Å². The molecular weight excluding hydrogens is 369 g/mol. The van der Waals surface area contributed by atoms with E-state index >= 15 is 0 Å². The van der Waals surface area contributed by atoms with Gasteiger partial charge in [-0.1, -0.05) is 60.2 Å². The molecule has 1 amide bonds. The molecule has 3 aromatic carbocycles. The fourth-order valence-electron chi connectivity index (χ4n) is 3.55. The van der Waals surface area contributed by atoms with Crippen molar-refractivity contribution in [3.63, 3.8) is 0 Å². The number of aliphatic hydroxyl groups is 1. The molecule has 1 N–H and O–H groups in total. The summed E-state index contributed by atoms with van der Waals surface area (Å²) in [7, 11) is 0. The summed E-state index contributed by atoms with van der Waals surface area (Å²) in [5.41, 5.74) is 2.25. The maximum Gasteiger partial charge on any atom is 0.300 e. The Morgan fingerprint density at radius 1 is 0.931 bits per heavy atom. The van der Waals surface area contributed by atoms with Crippen molar-refractivity contribution in [3.8, 4) is 0 Å². The number of amides is 1. The topological polar surface area (TPSA) is 57.6 Å². The van der Waals surface area contributed by atoms with Gasteiger partial charge in [-0.25, -0.2) is 4.39 Å². The molecule has 4 nitrogen and oxygen atoms in total. The number of benzene rings is 3. The van der Waals surface area contributed by atoms with E-state index in [0.29, 0.717) is 16.8 Å². The quantitative estimate of drug-likeness (QED) is 0.400. The number of anilines is 1. The molecule has 5 heteroatoms. The molecule has 144 valence electrons. The zero-order valence-electron chi connectivity index (χ0n) is 15.7. The Morgan fingerprint density at radius 3 is 2.28 bits per heavy atom. The average Bonchev–Trinajstić information content (AvgIpc) is 2.99. The molecule has 29 heavy (non-hydrogen) atoms. The summed E-state index contributed by atoms with van der Waals surface area (Å²) in [6.45, 7) is 1.91. The second-order valence-corrected chi connectivity index (χ2v) is 6.93. The third kappa shape index (κ3) is 3.31. The molecular formula is C24H18FNO3. The Bertz CT molecular complexity index is 1120. The number of rotatable bonds is 3. The van der Waals surface area contributed by atoms with Gasteiger partial charge in [0.2, 0.25) is 0 Å². The Hall–Kier alpha value is -3.73. The average molecular weight is 387 g/mol. The first-order valence-corrected chi connectivity index (χ1v) is 9.16. The Labute approximate surface area is 167 Å². The summed E-state index contributed by atoms with van der Waals surface area (Å²) < 4.78 is 14.0. The van der Waals surface area contributed by atoms with Crippen LogP contribution in [-0.4, -0.2) is 16.8 Å². The van der Waals surface area contributed by atoms with Crippen LogP contribution in [0.25, 0.3) is 5.76 Å². The van der Waals surface area contributed by atoms with Crippen LogP contribution >= 0.6 is 0 Å². The molecule has 4 rings (SSSR count). The number of carbonyl (C=O) groups excluding carboxylic acids is 2. The number of aliphatic hydroxyl groups excluding tert-OH is 1. The number of halogens is 1. The number of nitrogens with zero attached hydrogens (tertiary/aromatic N) is 1. The Morgan fingerprint density at radius 2 is 1.62 bits per heavy atom. The smallest absolute Gasteiger partial charge is 0.300 e. The molecule has 0 aliphatic carbocycles. The van der Waals surface area contributed by atoms with E-state index in [1.54, 1.807) is 60.7 Å². The fraction of sp³-hybridized carbons (Fsp3) is 0.0833. The Balaban J connectivity index is 1.95. The van der Waals surface area contributed by atoms with Crippen LogP contribution < -0.4 is 4.90 Å². The van der Waals surface area contributed by atoms with Crippen LogP contribution in [-0.2, 0) is 9.59 Å². The van der Waals surface area contributed by atoms with Crippen LogP contribution in [0.2, 0.25) is 0 Å². The number of aryl methyl sites for hydroxylation is 1. The van der Waals surface area contributed by atoms with Crippen LogP contribution in [0, 0.1) is 12.7 Å². The first-order chi connectivity index (χ1) is 14.0. The van der Waals surface area contributed by atoms with Crippen molar-refractivity contribution < 1.29 is 19.1 Å². The molecule has 1 atom stereocenters. The largest absolute Gasteiger partial charge is 0.507 e. The minimum atomic E-state index is -0.936. The summed E-state index contributed by atoms with van der Waals surface area (Å²) in [4.78, 5) is 27.2. The van der Waals surface area contributed by atoms with Gasteiger partial charge >= 0.3 is 0 Å². The van der Waals surface area contributed by atoms with Gasteiger partial charge in [-0.05, 0) is 36.8 Å². The third-order valence-corrected chi connectivity index (χ3v) is 4.97. The number of hydrogen-bond donors (Lipinski definition) is 1. The standard InChI is InChI=1S/C24H18FNO3/c1-15-10-12-16(13-11-15)22(27)20-21(17-6-5-7-18(25)14-17)26(24(29)23(20)28)19-8-3-2-4-9-19/h2-14,21,27H,1H3/t21-/m0/s1. The van der Waals surface area contributed by atoms with E-state index < -0.39 is 23.5 Å². The summed E-state index contributed by atoms with van der Waals surface area (Å²) >= 11 is 0. The molecule has 0 saturated carbocycles. The van der Waals surface area contributed by atoms with Gasteiger partial charge < -0.3 is 5.11 Å². The maximum absolute atomic E-state index is 14.0. The van der Waals surface area contributed by atoms with E-state index in [-0.39, 0.29) is 11.3 Å². The summed E-state index contributed by atoms with van der Waals surface area (Å²) in [6.07, 6.45) is 0. The number of ketones is 1. The second-order valence-electron chi connectivity index (χ2n) is 6.93. The molecule has 1 heterocycles. The molecule has 0 unspecified atom stereocenters. The summed E-state index contributed by atoms with van der Waals surface area (Å²) in [6, 6.07) is 20.4. The molecule has 0 radical (unpaired) electrons. The summed E-state index contributed by atoms with van der Waals surface area (Å²) in [5.74, 6) is -2.34. The lowest BCUT2D eigenvalue weighted by Crippen LogP contribution is -2.29. The number of hydrogen-bond acceptors (Lipinski definition) is 3. The lowest BCUT2D eigenvalue weighted by Gasteiger charge is -2.25. The Kier molecular flexibility index (Phi) is 4.72. The number of Topliss-reactive ketones (excluding diaryl/α,β-unsaturated/α-hetero) is 1. The van der Waals surface area contributed by atoms with Gasteiger partial charge in [0.15, 0.2) is 0 Å². The van der Waals surface area contributed by atoms with E-state index in [2.05, 4.69) is 0 Å². The molecule has 0 aromatic heterocycles. The highest BCUT2D eigenvalue weighted by molar-refractivity contribution is 6.51. The molecule has 1 saturated heterocycles. The van der Waals surface area contributed by atoms with Crippen molar-refractivity contribution in [2.45, 2.75) is 13.0 Å². The first-order valence-electron chi connectivity index (χ1n) is 9.16. The highest BCUT2D eigenvalue weighted by atomic mass is 19.1. The van der Waals surface area contributed by atoms with Gasteiger partial charge in [0, 0.05) is 11.3 Å². The van der Waals surface area contributed by atoms with Crippen molar-refractivity contribution in [2.75, 3.05) is 4.90 Å². The monoisotopic (exact) mass is 387 g/mol. The van der Waals surface area contributed by atoms with E-state index in [0.717, 1.165) is 5.56 Å². The summed E-state index contributed by atoms with van der Waals surface area (Å²) in [5, 5.41) is 11.0. The van der Waals surface area contributed by atoms with Gasteiger partial charge in [0.05, 0.1) is 11.6 Å². The fourth-order valence-corrected chi connectivity index (χ4v) is 3.55. The number of carbonyl (C=O) groups is 2. The minimum absolute atomic E-state index is 0.0618. The van der Waals surface area contributed by atoms with Gasteiger partial charge in [-0.2, -0.15) is 0 Å².